The highest BCUT2D eigenvalue weighted by Gasteiger charge is 1.94. The van der Waals surface area contributed by atoms with Gasteiger partial charge >= 0.3 is 5.97 Å². The zero-order valence-corrected chi connectivity index (χ0v) is 18.1. The molecule has 27 heavy (non-hydrogen) atoms. The average Bonchev–Trinajstić information content (AvgIpc) is 2.65. The van der Waals surface area contributed by atoms with Crippen LogP contribution in [-0.4, -0.2) is 17.7 Å². The second-order valence-corrected chi connectivity index (χ2v) is 7.23. The molecule has 0 aromatic heterocycles. The lowest BCUT2D eigenvalue weighted by molar-refractivity contribution is -0.135. The van der Waals surface area contributed by atoms with Gasteiger partial charge in [-0.1, -0.05) is 116 Å². The van der Waals surface area contributed by atoms with Gasteiger partial charge in [0.1, 0.15) is 0 Å². The Morgan fingerprint density at radius 3 is 1.37 bits per heavy atom. The Labute approximate surface area is 169 Å². The van der Waals surface area contributed by atoms with Crippen LogP contribution in [0.15, 0.2) is 25.5 Å². The third-order valence-electron chi connectivity index (χ3n) is 4.55. The first kappa shape index (κ1) is 28.0. The first-order valence-electron chi connectivity index (χ1n) is 11.2. The van der Waals surface area contributed by atoms with E-state index in [1.165, 1.54) is 109 Å². The second kappa shape index (κ2) is 27.0. The molecule has 0 aliphatic carbocycles. The van der Waals surface area contributed by atoms with Crippen LogP contribution in [0.25, 0.3) is 0 Å². The van der Waals surface area contributed by atoms with Crippen molar-refractivity contribution in [3.63, 3.8) is 0 Å². The van der Waals surface area contributed by atoms with E-state index in [0.29, 0.717) is 0 Å². The maximum absolute atomic E-state index is 9.53. The molecule has 0 unspecified atom stereocenters. The summed E-state index contributed by atoms with van der Waals surface area (Å²) in [4.78, 5) is 9.53. The van der Waals surface area contributed by atoms with Crippen LogP contribution in [-0.2, 0) is 9.53 Å². The third kappa shape index (κ3) is 32.8. The van der Waals surface area contributed by atoms with E-state index in [2.05, 4.69) is 20.1 Å². The summed E-state index contributed by atoms with van der Waals surface area (Å²) < 4.78 is 5.12. The quantitative estimate of drug-likeness (QED) is 0.132. The Bertz CT molecular complexity index is 313. The van der Waals surface area contributed by atoms with Gasteiger partial charge in [0, 0.05) is 0 Å². The summed E-state index contributed by atoms with van der Waals surface area (Å²) in [6, 6.07) is 0. The lowest BCUT2D eigenvalue weighted by Gasteiger charge is -2.03. The van der Waals surface area contributed by atoms with Gasteiger partial charge in [0.05, 0.1) is 19.3 Å². The molecular formula is C24H46O3. The molecular weight excluding hydrogens is 336 g/mol. The van der Waals surface area contributed by atoms with Gasteiger partial charge < -0.3 is 9.84 Å². The molecule has 0 bridgehead atoms. The van der Waals surface area contributed by atoms with Crippen LogP contribution in [0.2, 0.25) is 0 Å². The fourth-order valence-electron chi connectivity index (χ4n) is 2.94. The molecule has 0 rings (SSSR count). The first-order chi connectivity index (χ1) is 13.2. The molecule has 0 heterocycles. The molecule has 1 N–H and O–H groups in total. The fourth-order valence-corrected chi connectivity index (χ4v) is 2.94. The molecule has 0 fully saturated rings. The van der Waals surface area contributed by atoms with Crippen LogP contribution in [0.1, 0.15) is 116 Å². The Kier molecular flexibility index (Phi) is 27.9. The van der Waals surface area contributed by atoms with E-state index in [0.717, 1.165) is 6.61 Å². The predicted molar refractivity (Wildman–Crippen MR) is 118 cm³/mol. The van der Waals surface area contributed by atoms with Crippen LogP contribution >= 0.6 is 0 Å². The monoisotopic (exact) mass is 382 g/mol. The summed E-state index contributed by atoms with van der Waals surface area (Å²) in [5.41, 5.74) is 0. The molecule has 0 spiro atoms. The minimum absolute atomic E-state index is 0.0556. The van der Waals surface area contributed by atoms with E-state index in [1.807, 2.05) is 0 Å². The summed E-state index contributed by atoms with van der Waals surface area (Å²) in [6.07, 6.45) is 25.6. The van der Waals surface area contributed by atoms with Gasteiger partial charge in [-0.25, -0.2) is 0 Å². The SMILES string of the molecule is C=CCC(=O)O.C=COCCCCCCCCCCCCCCCCCC. The lowest BCUT2D eigenvalue weighted by atomic mass is 10.0. The van der Waals surface area contributed by atoms with Crippen LogP contribution < -0.4 is 0 Å². The van der Waals surface area contributed by atoms with Crippen molar-refractivity contribution in [3.8, 4) is 0 Å². The average molecular weight is 383 g/mol. The highest BCUT2D eigenvalue weighted by atomic mass is 16.5. The highest BCUT2D eigenvalue weighted by Crippen LogP contribution is 2.13. The largest absolute Gasteiger partial charge is 0.502 e. The topological polar surface area (TPSA) is 46.5 Å². The standard InChI is InChI=1S/C20H40O.C4H6O2/c1-3-5-6-7-8-9-10-11-12-13-14-15-16-17-18-19-20-21-4-2;1-2-3-4(5)6/h4H,2-3,5-20H2,1H3;2H,1,3H2,(H,5,6). The Hall–Kier alpha value is -1.25. The Balaban J connectivity index is 0. The Morgan fingerprint density at radius 1 is 0.741 bits per heavy atom. The van der Waals surface area contributed by atoms with Crippen LogP contribution in [0.3, 0.4) is 0 Å². The minimum atomic E-state index is -0.829. The van der Waals surface area contributed by atoms with Crippen molar-refractivity contribution >= 4 is 5.97 Å². The number of unbranched alkanes of at least 4 members (excludes halogenated alkanes) is 15. The van der Waals surface area contributed by atoms with Gasteiger partial charge in [-0.05, 0) is 6.42 Å². The predicted octanol–water partition coefficient (Wildman–Crippen LogP) is 8.06. The van der Waals surface area contributed by atoms with E-state index in [4.69, 9.17) is 9.84 Å². The van der Waals surface area contributed by atoms with Gasteiger partial charge in [-0.15, -0.1) is 6.58 Å². The van der Waals surface area contributed by atoms with Crippen LogP contribution in [0.5, 0.6) is 0 Å². The van der Waals surface area contributed by atoms with Crippen molar-refractivity contribution in [2.75, 3.05) is 6.61 Å². The minimum Gasteiger partial charge on any atom is -0.502 e. The van der Waals surface area contributed by atoms with Crippen molar-refractivity contribution in [1.29, 1.82) is 0 Å². The molecule has 0 aromatic rings. The van der Waals surface area contributed by atoms with Crippen molar-refractivity contribution in [2.24, 2.45) is 0 Å². The van der Waals surface area contributed by atoms with Gasteiger partial charge in [0.15, 0.2) is 0 Å². The van der Waals surface area contributed by atoms with E-state index in [1.54, 1.807) is 6.26 Å². The molecule has 0 saturated heterocycles. The normalized spacial score (nSPS) is 9.96. The summed E-state index contributed by atoms with van der Waals surface area (Å²) >= 11 is 0. The first-order valence-corrected chi connectivity index (χ1v) is 11.2. The summed E-state index contributed by atoms with van der Waals surface area (Å²) in [7, 11) is 0. The smallest absolute Gasteiger partial charge is 0.307 e. The maximum Gasteiger partial charge on any atom is 0.307 e. The van der Waals surface area contributed by atoms with Gasteiger partial charge in [-0.3, -0.25) is 4.79 Å². The van der Waals surface area contributed by atoms with Gasteiger partial charge in [0.2, 0.25) is 0 Å². The Morgan fingerprint density at radius 2 is 1.11 bits per heavy atom. The third-order valence-corrected chi connectivity index (χ3v) is 4.55. The summed E-state index contributed by atoms with van der Waals surface area (Å²) in [5.74, 6) is -0.829. The number of carboxylic acid groups (broad SMARTS) is 1. The van der Waals surface area contributed by atoms with Crippen molar-refractivity contribution in [3.05, 3.63) is 25.5 Å². The van der Waals surface area contributed by atoms with Gasteiger partial charge in [0.25, 0.3) is 0 Å². The molecule has 3 heteroatoms. The lowest BCUT2D eigenvalue weighted by Crippen LogP contribution is -1.88. The zero-order valence-electron chi connectivity index (χ0n) is 18.1. The number of aliphatic carboxylic acids is 1. The molecule has 0 atom stereocenters. The van der Waals surface area contributed by atoms with E-state index < -0.39 is 5.97 Å². The fraction of sp³-hybridized carbons (Fsp3) is 0.792. The second-order valence-electron chi connectivity index (χ2n) is 7.23. The summed E-state index contributed by atoms with van der Waals surface area (Å²) in [6.45, 7) is 9.91. The molecule has 160 valence electrons. The summed E-state index contributed by atoms with van der Waals surface area (Å²) in [5, 5.41) is 7.84. The maximum atomic E-state index is 9.53. The van der Waals surface area contributed by atoms with Gasteiger partial charge in [-0.2, -0.15) is 0 Å². The molecule has 0 amide bonds. The molecule has 0 aliphatic heterocycles. The number of ether oxygens (including phenoxy) is 1. The van der Waals surface area contributed by atoms with E-state index in [9.17, 15) is 4.79 Å². The van der Waals surface area contributed by atoms with E-state index >= 15 is 0 Å². The molecule has 3 nitrogen and oxygen atoms in total. The zero-order chi connectivity index (χ0) is 20.4. The van der Waals surface area contributed by atoms with Crippen molar-refractivity contribution in [1.82, 2.24) is 0 Å². The van der Waals surface area contributed by atoms with E-state index in [-0.39, 0.29) is 6.42 Å². The number of carboxylic acids is 1. The number of hydrogen-bond acceptors (Lipinski definition) is 2. The van der Waals surface area contributed by atoms with Crippen molar-refractivity contribution < 1.29 is 14.6 Å². The molecule has 0 aromatic carbocycles. The molecule has 0 radical (unpaired) electrons. The number of hydrogen-bond donors (Lipinski definition) is 1. The van der Waals surface area contributed by atoms with Crippen LogP contribution in [0, 0.1) is 0 Å². The highest BCUT2D eigenvalue weighted by molar-refractivity contribution is 5.68. The van der Waals surface area contributed by atoms with Crippen molar-refractivity contribution in [2.45, 2.75) is 116 Å². The van der Waals surface area contributed by atoms with Crippen LogP contribution in [0.4, 0.5) is 0 Å². The number of carbonyl (C=O) groups is 1. The molecule has 0 aliphatic rings. The molecule has 0 saturated carbocycles. The number of rotatable bonds is 20.